The van der Waals surface area contributed by atoms with Crippen molar-refractivity contribution in [2.45, 2.75) is 6.92 Å². The van der Waals surface area contributed by atoms with Gasteiger partial charge in [0.05, 0.1) is 46.7 Å². The van der Waals surface area contributed by atoms with E-state index in [1.165, 1.54) is 41.6 Å². The Kier molecular flexibility index (Phi) is 7.24. The molecule has 0 atom stereocenters. The van der Waals surface area contributed by atoms with Gasteiger partial charge >= 0.3 is 5.97 Å². The highest BCUT2D eigenvalue weighted by atomic mass is 16.5. The van der Waals surface area contributed by atoms with Gasteiger partial charge < -0.3 is 33.2 Å². The Morgan fingerprint density at radius 3 is 1.97 bits per heavy atom. The predicted octanol–water partition coefficient (Wildman–Crippen LogP) is 4.87. The molecular formula is C28H26O9. The van der Waals surface area contributed by atoms with Gasteiger partial charge in [-0.3, -0.25) is 4.79 Å². The molecule has 3 aromatic carbocycles. The summed E-state index contributed by atoms with van der Waals surface area (Å²) in [5.74, 6) is 2.01. The average molecular weight is 507 g/mol. The Hall–Kier alpha value is -4.66. The number of carbonyl (C=O) groups excluding carboxylic acids is 2. The Morgan fingerprint density at radius 1 is 0.757 bits per heavy atom. The highest BCUT2D eigenvalue weighted by Crippen LogP contribution is 2.42. The summed E-state index contributed by atoms with van der Waals surface area (Å²) in [6.07, 6.45) is 1.58. The zero-order valence-corrected chi connectivity index (χ0v) is 21.3. The van der Waals surface area contributed by atoms with E-state index in [2.05, 4.69) is 0 Å². The first kappa shape index (κ1) is 25.4. The maximum absolute atomic E-state index is 13.1. The SMILES string of the molecule is COc1ccc(C(=O)Oc2ccc3c(c2C)O/C(=C\c2cc(OC)c(OC)c(OC)c2)C3=O)cc1OC. The number of esters is 1. The molecular weight excluding hydrogens is 480 g/mol. The number of carbonyl (C=O) groups is 2. The molecule has 0 N–H and O–H groups in total. The molecule has 0 unspecified atom stereocenters. The molecule has 37 heavy (non-hydrogen) atoms. The fourth-order valence-electron chi connectivity index (χ4n) is 3.94. The van der Waals surface area contributed by atoms with Crippen LogP contribution in [0.3, 0.4) is 0 Å². The van der Waals surface area contributed by atoms with Gasteiger partial charge in [0.15, 0.2) is 28.8 Å². The third kappa shape index (κ3) is 4.75. The van der Waals surface area contributed by atoms with Crippen LogP contribution in [0.5, 0.6) is 40.2 Å². The van der Waals surface area contributed by atoms with Gasteiger partial charge in [-0.1, -0.05) is 0 Å². The van der Waals surface area contributed by atoms with Crippen LogP contribution in [0.15, 0.2) is 48.2 Å². The van der Waals surface area contributed by atoms with Gasteiger partial charge in [-0.2, -0.15) is 0 Å². The van der Waals surface area contributed by atoms with E-state index in [-0.39, 0.29) is 22.9 Å². The lowest BCUT2D eigenvalue weighted by Crippen LogP contribution is -2.10. The van der Waals surface area contributed by atoms with Gasteiger partial charge in [0.25, 0.3) is 0 Å². The second-order valence-corrected chi connectivity index (χ2v) is 7.92. The van der Waals surface area contributed by atoms with Crippen molar-refractivity contribution in [3.8, 4) is 40.2 Å². The molecule has 0 saturated carbocycles. The van der Waals surface area contributed by atoms with Crippen LogP contribution in [0.4, 0.5) is 0 Å². The fourth-order valence-corrected chi connectivity index (χ4v) is 3.94. The number of fused-ring (bicyclic) bond motifs is 1. The third-order valence-electron chi connectivity index (χ3n) is 5.84. The van der Waals surface area contributed by atoms with E-state index in [0.717, 1.165) is 0 Å². The van der Waals surface area contributed by atoms with Crippen molar-refractivity contribution < 1.29 is 42.7 Å². The second-order valence-electron chi connectivity index (χ2n) is 7.92. The van der Waals surface area contributed by atoms with E-state index >= 15 is 0 Å². The lowest BCUT2D eigenvalue weighted by Gasteiger charge is -2.13. The van der Waals surface area contributed by atoms with Crippen LogP contribution in [0.2, 0.25) is 0 Å². The van der Waals surface area contributed by atoms with Crippen molar-refractivity contribution in [2.24, 2.45) is 0 Å². The molecule has 1 aliphatic rings. The zero-order chi connectivity index (χ0) is 26.7. The number of ether oxygens (including phenoxy) is 7. The fraction of sp³-hybridized carbons (Fsp3) is 0.214. The molecule has 9 nitrogen and oxygen atoms in total. The van der Waals surface area contributed by atoms with E-state index < -0.39 is 5.97 Å². The molecule has 9 heteroatoms. The molecule has 0 bridgehead atoms. The number of hydrogen-bond donors (Lipinski definition) is 0. The van der Waals surface area contributed by atoms with Crippen LogP contribution in [-0.2, 0) is 0 Å². The normalized spacial score (nSPS) is 13.0. The monoisotopic (exact) mass is 506 g/mol. The number of rotatable bonds is 8. The molecule has 0 spiro atoms. The highest BCUT2D eigenvalue weighted by Gasteiger charge is 2.31. The molecule has 0 saturated heterocycles. The molecule has 0 fully saturated rings. The van der Waals surface area contributed by atoms with Gasteiger partial charge in [0.2, 0.25) is 11.5 Å². The van der Waals surface area contributed by atoms with Crippen LogP contribution < -0.4 is 33.2 Å². The summed E-state index contributed by atoms with van der Waals surface area (Å²) in [5, 5.41) is 0. The maximum Gasteiger partial charge on any atom is 0.343 e. The van der Waals surface area contributed by atoms with Gasteiger partial charge in [-0.15, -0.1) is 0 Å². The number of allylic oxidation sites excluding steroid dienone is 1. The van der Waals surface area contributed by atoms with Crippen molar-refractivity contribution in [1.29, 1.82) is 0 Å². The van der Waals surface area contributed by atoms with E-state index in [0.29, 0.717) is 51.2 Å². The number of benzene rings is 3. The summed E-state index contributed by atoms with van der Waals surface area (Å²) in [7, 11) is 7.52. The summed E-state index contributed by atoms with van der Waals surface area (Å²) in [6, 6.07) is 11.3. The van der Waals surface area contributed by atoms with Crippen molar-refractivity contribution in [3.63, 3.8) is 0 Å². The number of methoxy groups -OCH3 is 5. The van der Waals surface area contributed by atoms with Crippen LogP contribution in [-0.4, -0.2) is 47.3 Å². The molecule has 3 aromatic rings. The number of ketones is 1. The second kappa shape index (κ2) is 10.5. The zero-order valence-electron chi connectivity index (χ0n) is 21.3. The highest BCUT2D eigenvalue weighted by molar-refractivity contribution is 6.15. The summed E-state index contributed by atoms with van der Waals surface area (Å²) in [6.45, 7) is 1.71. The van der Waals surface area contributed by atoms with Gasteiger partial charge in [-0.05, 0) is 61.0 Å². The van der Waals surface area contributed by atoms with Crippen molar-refractivity contribution in [2.75, 3.05) is 35.5 Å². The van der Waals surface area contributed by atoms with Crippen LogP contribution in [0.1, 0.15) is 31.8 Å². The molecule has 0 radical (unpaired) electrons. The molecule has 0 aromatic heterocycles. The summed E-state index contributed by atoms with van der Waals surface area (Å²) in [5.41, 5.74) is 1.76. The molecule has 1 heterocycles. The van der Waals surface area contributed by atoms with Gasteiger partial charge in [-0.25, -0.2) is 4.79 Å². The smallest absolute Gasteiger partial charge is 0.343 e. The molecule has 192 valence electrons. The Labute approximate surface area is 214 Å². The number of Topliss-reactive ketones (excluding diaryl/α,β-unsaturated/α-hetero) is 1. The van der Waals surface area contributed by atoms with Gasteiger partial charge in [0.1, 0.15) is 11.5 Å². The lowest BCUT2D eigenvalue weighted by molar-refractivity contribution is 0.0732. The predicted molar refractivity (Wildman–Crippen MR) is 135 cm³/mol. The lowest BCUT2D eigenvalue weighted by atomic mass is 10.1. The minimum atomic E-state index is -0.596. The van der Waals surface area contributed by atoms with Crippen LogP contribution in [0.25, 0.3) is 6.08 Å². The van der Waals surface area contributed by atoms with E-state index in [1.54, 1.807) is 49.4 Å². The van der Waals surface area contributed by atoms with Gasteiger partial charge in [0, 0.05) is 5.56 Å². The first-order valence-electron chi connectivity index (χ1n) is 11.2. The minimum Gasteiger partial charge on any atom is -0.493 e. The molecule has 1 aliphatic heterocycles. The average Bonchev–Trinajstić information content (AvgIpc) is 3.24. The first-order chi connectivity index (χ1) is 17.8. The largest absolute Gasteiger partial charge is 0.493 e. The Morgan fingerprint density at radius 2 is 1.38 bits per heavy atom. The quantitative estimate of drug-likeness (QED) is 0.241. The molecule has 4 rings (SSSR count). The van der Waals surface area contributed by atoms with Crippen molar-refractivity contribution in [1.82, 2.24) is 0 Å². The van der Waals surface area contributed by atoms with Crippen LogP contribution >= 0.6 is 0 Å². The van der Waals surface area contributed by atoms with E-state index in [4.69, 9.17) is 33.2 Å². The first-order valence-corrected chi connectivity index (χ1v) is 11.2. The Balaban J connectivity index is 1.62. The van der Waals surface area contributed by atoms with Crippen molar-refractivity contribution >= 4 is 17.8 Å². The topological polar surface area (TPSA) is 98.8 Å². The Bertz CT molecular complexity index is 1380. The van der Waals surface area contributed by atoms with E-state index in [1.807, 2.05) is 0 Å². The van der Waals surface area contributed by atoms with E-state index in [9.17, 15) is 9.59 Å². The summed E-state index contributed by atoms with van der Waals surface area (Å²) >= 11 is 0. The minimum absolute atomic E-state index is 0.107. The van der Waals surface area contributed by atoms with Crippen molar-refractivity contribution in [3.05, 3.63) is 70.5 Å². The standard InChI is InChI=1S/C28H26O9/c1-15-19(37-28(30)17-7-9-20(31-2)21(14-17)32-3)10-8-18-25(29)22(36-26(15)18)11-16-12-23(33-4)27(35-6)24(13-16)34-5/h7-14H,1-6H3/b22-11-. The maximum atomic E-state index is 13.1. The summed E-state index contributed by atoms with van der Waals surface area (Å²) < 4.78 is 38.1. The third-order valence-corrected chi connectivity index (χ3v) is 5.84. The van der Waals surface area contributed by atoms with Crippen LogP contribution in [0, 0.1) is 6.92 Å². The summed E-state index contributed by atoms with van der Waals surface area (Å²) in [4.78, 5) is 25.9. The number of hydrogen-bond acceptors (Lipinski definition) is 9. The molecule has 0 amide bonds. The molecule has 0 aliphatic carbocycles.